The first-order valence-corrected chi connectivity index (χ1v) is 9.17. The summed E-state index contributed by atoms with van der Waals surface area (Å²) in [5, 5.41) is 2.81. The summed E-state index contributed by atoms with van der Waals surface area (Å²) in [4.78, 5) is 36.1. The first kappa shape index (κ1) is 20.4. The van der Waals surface area contributed by atoms with Gasteiger partial charge in [-0.15, -0.1) is 0 Å². The van der Waals surface area contributed by atoms with Crippen molar-refractivity contribution in [1.29, 1.82) is 0 Å². The highest BCUT2D eigenvalue weighted by molar-refractivity contribution is 6.00. The van der Waals surface area contributed by atoms with Crippen LogP contribution in [0.15, 0.2) is 48.5 Å². The van der Waals surface area contributed by atoms with Crippen molar-refractivity contribution in [2.45, 2.75) is 39.5 Å². The summed E-state index contributed by atoms with van der Waals surface area (Å²) in [6.07, 6.45) is 3.45. The number of hydrogen-bond donors (Lipinski definition) is 1. The van der Waals surface area contributed by atoms with E-state index in [4.69, 9.17) is 4.74 Å². The zero-order valence-electron chi connectivity index (χ0n) is 15.8. The van der Waals surface area contributed by atoms with Gasteiger partial charge >= 0.3 is 5.97 Å². The van der Waals surface area contributed by atoms with Crippen molar-refractivity contribution in [3.05, 3.63) is 65.2 Å². The minimum Gasteiger partial charge on any atom is -0.454 e. The van der Waals surface area contributed by atoms with Crippen molar-refractivity contribution in [2.75, 3.05) is 11.9 Å². The monoisotopic (exact) mass is 367 g/mol. The zero-order chi connectivity index (χ0) is 19.6. The Labute approximate surface area is 159 Å². The van der Waals surface area contributed by atoms with Gasteiger partial charge in [0.2, 0.25) is 5.91 Å². The molecule has 5 heteroatoms. The van der Waals surface area contributed by atoms with E-state index in [1.165, 1.54) is 0 Å². The van der Waals surface area contributed by atoms with E-state index < -0.39 is 5.97 Å². The third kappa shape index (κ3) is 6.37. The van der Waals surface area contributed by atoms with Crippen LogP contribution in [0.5, 0.6) is 0 Å². The van der Waals surface area contributed by atoms with Gasteiger partial charge in [-0.3, -0.25) is 9.59 Å². The Morgan fingerprint density at radius 3 is 2.33 bits per heavy atom. The fourth-order valence-electron chi connectivity index (χ4n) is 2.59. The lowest BCUT2D eigenvalue weighted by molar-refractivity contribution is -0.116. The van der Waals surface area contributed by atoms with Crippen LogP contribution in [-0.4, -0.2) is 24.3 Å². The van der Waals surface area contributed by atoms with Crippen molar-refractivity contribution in [3.8, 4) is 0 Å². The molecule has 0 heterocycles. The molecule has 1 amide bonds. The minimum atomic E-state index is -0.516. The number of nitrogens with one attached hydrogen (secondary N) is 1. The fraction of sp³-hybridized carbons (Fsp3) is 0.318. The second-order valence-corrected chi connectivity index (χ2v) is 6.40. The van der Waals surface area contributed by atoms with E-state index in [0.717, 1.165) is 24.8 Å². The molecule has 0 fully saturated rings. The van der Waals surface area contributed by atoms with Crippen LogP contribution in [0.4, 0.5) is 5.69 Å². The molecule has 0 aliphatic carbocycles. The second kappa shape index (κ2) is 10.3. The largest absolute Gasteiger partial charge is 0.454 e. The van der Waals surface area contributed by atoms with Crippen molar-refractivity contribution < 1.29 is 19.1 Å². The van der Waals surface area contributed by atoms with E-state index >= 15 is 0 Å². The number of benzene rings is 2. The van der Waals surface area contributed by atoms with Crippen LogP contribution in [0.1, 0.15) is 58.9 Å². The number of ketones is 1. The Bertz CT molecular complexity index is 796. The Balaban J connectivity index is 1.85. The van der Waals surface area contributed by atoms with Gasteiger partial charge in [-0.1, -0.05) is 38.0 Å². The number of ether oxygens (including phenoxy) is 1. The van der Waals surface area contributed by atoms with E-state index in [-0.39, 0.29) is 18.3 Å². The maximum Gasteiger partial charge on any atom is 0.338 e. The summed E-state index contributed by atoms with van der Waals surface area (Å²) >= 11 is 0. The first-order valence-electron chi connectivity index (χ1n) is 9.17. The van der Waals surface area contributed by atoms with Crippen LogP contribution in [0.25, 0.3) is 0 Å². The van der Waals surface area contributed by atoms with Gasteiger partial charge in [-0.25, -0.2) is 4.79 Å². The SMILES string of the molecule is CCCCCC(=O)Nc1ccc(C(=O)COC(=O)c2ccccc2C)cc1. The molecule has 0 aromatic heterocycles. The molecule has 0 bridgehead atoms. The van der Waals surface area contributed by atoms with Crippen LogP contribution in [0.2, 0.25) is 0 Å². The number of esters is 1. The number of amides is 1. The molecular weight excluding hydrogens is 342 g/mol. The number of Topliss-reactive ketones (excluding diaryl/α,β-unsaturated/α-hetero) is 1. The number of carbonyl (C=O) groups excluding carboxylic acids is 3. The Kier molecular flexibility index (Phi) is 7.74. The second-order valence-electron chi connectivity index (χ2n) is 6.40. The van der Waals surface area contributed by atoms with E-state index in [9.17, 15) is 14.4 Å². The van der Waals surface area contributed by atoms with Gasteiger partial charge in [0.05, 0.1) is 5.56 Å². The van der Waals surface area contributed by atoms with Crippen LogP contribution < -0.4 is 5.32 Å². The van der Waals surface area contributed by atoms with Gasteiger partial charge in [0.15, 0.2) is 12.4 Å². The first-order chi connectivity index (χ1) is 13.0. The summed E-state index contributed by atoms with van der Waals surface area (Å²) < 4.78 is 5.12. The summed E-state index contributed by atoms with van der Waals surface area (Å²) in [5.41, 5.74) is 2.32. The molecule has 0 aliphatic heterocycles. The standard InChI is InChI=1S/C22H25NO4/c1-3-4-5-10-21(25)23-18-13-11-17(12-14-18)20(24)15-27-22(26)19-9-7-6-8-16(19)2/h6-9,11-14H,3-5,10,15H2,1-2H3,(H,23,25). The van der Waals surface area contributed by atoms with Crippen molar-refractivity contribution in [3.63, 3.8) is 0 Å². The van der Waals surface area contributed by atoms with Crippen LogP contribution >= 0.6 is 0 Å². The molecule has 142 valence electrons. The molecule has 0 radical (unpaired) electrons. The van der Waals surface area contributed by atoms with Gasteiger partial charge in [0.25, 0.3) is 0 Å². The van der Waals surface area contributed by atoms with Crippen molar-refractivity contribution in [2.24, 2.45) is 0 Å². The molecule has 0 aliphatic rings. The maximum atomic E-state index is 12.2. The molecule has 5 nitrogen and oxygen atoms in total. The minimum absolute atomic E-state index is 0.0327. The molecule has 0 spiro atoms. The quantitative estimate of drug-likeness (QED) is 0.401. The van der Waals surface area contributed by atoms with Gasteiger partial charge in [-0.05, 0) is 49.2 Å². The predicted molar refractivity (Wildman–Crippen MR) is 105 cm³/mol. The molecule has 2 aromatic carbocycles. The topological polar surface area (TPSA) is 72.5 Å². The summed E-state index contributed by atoms with van der Waals surface area (Å²) in [6, 6.07) is 13.6. The molecule has 0 saturated heterocycles. The fourth-order valence-corrected chi connectivity index (χ4v) is 2.59. The number of anilines is 1. The summed E-state index contributed by atoms with van der Waals surface area (Å²) in [6.45, 7) is 3.58. The number of unbranched alkanes of at least 4 members (excludes halogenated alkanes) is 2. The van der Waals surface area contributed by atoms with Crippen LogP contribution in [-0.2, 0) is 9.53 Å². The lowest BCUT2D eigenvalue weighted by atomic mass is 10.1. The van der Waals surface area contributed by atoms with Crippen LogP contribution in [0, 0.1) is 6.92 Å². The molecule has 2 rings (SSSR count). The molecule has 0 unspecified atom stereocenters. The number of rotatable bonds is 9. The smallest absolute Gasteiger partial charge is 0.338 e. The van der Waals surface area contributed by atoms with Gasteiger partial charge in [-0.2, -0.15) is 0 Å². The van der Waals surface area contributed by atoms with Gasteiger partial charge < -0.3 is 10.1 Å². The normalized spacial score (nSPS) is 10.3. The van der Waals surface area contributed by atoms with E-state index in [1.54, 1.807) is 36.4 Å². The molecule has 2 aromatic rings. The highest BCUT2D eigenvalue weighted by Crippen LogP contribution is 2.13. The summed E-state index contributed by atoms with van der Waals surface area (Å²) in [7, 11) is 0. The highest BCUT2D eigenvalue weighted by Gasteiger charge is 2.13. The third-order valence-corrected chi connectivity index (χ3v) is 4.20. The zero-order valence-corrected chi connectivity index (χ0v) is 15.8. The molecule has 1 N–H and O–H groups in total. The number of carbonyl (C=O) groups is 3. The average Bonchev–Trinajstić information content (AvgIpc) is 2.67. The molecule has 0 saturated carbocycles. The Morgan fingerprint density at radius 1 is 0.963 bits per heavy atom. The Morgan fingerprint density at radius 2 is 1.67 bits per heavy atom. The van der Waals surface area contributed by atoms with E-state index in [1.807, 2.05) is 19.1 Å². The third-order valence-electron chi connectivity index (χ3n) is 4.20. The van der Waals surface area contributed by atoms with E-state index in [0.29, 0.717) is 23.2 Å². The lowest BCUT2D eigenvalue weighted by Crippen LogP contribution is -2.15. The molecule has 27 heavy (non-hydrogen) atoms. The van der Waals surface area contributed by atoms with Crippen LogP contribution in [0.3, 0.4) is 0 Å². The van der Waals surface area contributed by atoms with Crippen molar-refractivity contribution in [1.82, 2.24) is 0 Å². The summed E-state index contributed by atoms with van der Waals surface area (Å²) in [5.74, 6) is -0.843. The Hall–Kier alpha value is -2.95. The number of aryl methyl sites for hydroxylation is 1. The maximum absolute atomic E-state index is 12.2. The molecule has 0 atom stereocenters. The van der Waals surface area contributed by atoms with E-state index in [2.05, 4.69) is 12.2 Å². The predicted octanol–water partition coefficient (Wildman–Crippen LogP) is 4.55. The highest BCUT2D eigenvalue weighted by atomic mass is 16.5. The lowest BCUT2D eigenvalue weighted by Gasteiger charge is -2.08. The molecular formula is C22H25NO4. The van der Waals surface area contributed by atoms with Gasteiger partial charge in [0.1, 0.15) is 0 Å². The van der Waals surface area contributed by atoms with Gasteiger partial charge in [0, 0.05) is 17.7 Å². The average molecular weight is 367 g/mol. The van der Waals surface area contributed by atoms with Crippen molar-refractivity contribution >= 4 is 23.3 Å². The number of hydrogen-bond acceptors (Lipinski definition) is 4.